The summed E-state index contributed by atoms with van der Waals surface area (Å²) in [6.07, 6.45) is 0. The molecule has 0 saturated heterocycles. The molecule has 0 aliphatic carbocycles. The van der Waals surface area contributed by atoms with Crippen molar-refractivity contribution in [3.8, 4) is 0 Å². The van der Waals surface area contributed by atoms with Gasteiger partial charge >= 0.3 is 210 Å². The van der Waals surface area contributed by atoms with Crippen molar-refractivity contribution in [1.82, 2.24) is 0 Å². The van der Waals surface area contributed by atoms with Crippen molar-refractivity contribution in [2.45, 2.75) is 0 Å². The van der Waals surface area contributed by atoms with E-state index in [1.54, 1.807) is 0 Å². The summed E-state index contributed by atoms with van der Waals surface area (Å²) in [5, 5.41) is 0. The quantitative estimate of drug-likeness (QED) is 0.217. The summed E-state index contributed by atoms with van der Waals surface area (Å²) in [6.45, 7) is 0. The van der Waals surface area contributed by atoms with Gasteiger partial charge in [0.15, 0.2) is 0 Å². The Morgan fingerprint density at radius 1 is 0.194 bits per heavy atom. The van der Waals surface area contributed by atoms with Gasteiger partial charge in [-0.2, -0.15) is 0 Å². The van der Waals surface area contributed by atoms with Crippen LogP contribution in [-0.4, -0.2) is 0 Å². The van der Waals surface area contributed by atoms with E-state index in [0.717, 1.165) is 0 Å². The predicted octanol–water partition coefficient (Wildman–Crippen LogP) is -10.8. The van der Waals surface area contributed by atoms with Gasteiger partial charge in [-0.25, -0.2) is 0 Å². The van der Waals surface area contributed by atoms with Crippen molar-refractivity contribution in [1.29, 1.82) is 0 Å². The van der Waals surface area contributed by atoms with E-state index in [0.29, 0.717) is 0 Å². The Bertz CT molecular complexity index is 1290. The van der Waals surface area contributed by atoms with Crippen molar-refractivity contribution < 1.29 is 231 Å². The first kappa shape index (κ1) is 56.9. The van der Waals surface area contributed by atoms with E-state index >= 15 is 0 Å². The second-order valence-corrected chi connectivity index (χ2v) is 21.7. The minimum absolute atomic E-state index is 0. The summed E-state index contributed by atoms with van der Waals surface area (Å²) in [5.41, 5.74) is 0. The molecule has 0 aliphatic rings. The van der Waals surface area contributed by atoms with Gasteiger partial charge in [0.2, 0.25) is 0 Å². The van der Waals surface area contributed by atoms with Crippen LogP contribution >= 0.6 is 0 Å². The van der Waals surface area contributed by atoms with E-state index in [1.165, 1.54) is 0 Å². The molecule has 36 heavy (non-hydrogen) atoms. The summed E-state index contributed by atoms with van der Waals surface area (Å²) in [5.74, 6) is 0. The largest absolute Gasteiger partial charge is 0 e. The van der Waals surface area contributed by atoms with Crippen LogP contribution in [0.2, 0.25) is 0 Å². The molecular formula is O28Re8-7. The summed E-state index contributed by atoms with van der Waals surface area (Å²) in [6, 6.07) is 0. The monoisotopic (exact) mass is 1940 g/mol. The second-order valence-electron chi connectivity index (χ2n) is 2.65. The van der Waals surface area contributed by atoms with Crippen molar-refractivity contribution in [3.63, 3.8) is 0 Å². The fourth-order valence-electron chi connectivity index (χ4n) is 0. The summed E-state index contributed by atoms with van der Waals surface area (Å²) < 4.78 is 242. The van der Waals surface area contributed by atoms with Gasteiger partial charge in [-0.3, -0.25) is 0 Å². The predicted molar refractivity (Wildman–Crippen MR) is 14.4 cm³/mol. The maximum Gasteiger partial charge on any atom is 0 e. The fraction of sp³-hybridized carbons (Fsp3) is 0. The smallest absolute Gasteiger partial charge is 0 e. The molecule has 0 aromatic carbocycles. The molecule has 0 amide bonds. The Hall–Kier alpha value is 0.819. The standard InChI is InChI=1S/28O.8Re/q;;;;;;;;;;;;;;;;;;;;;7*-1;;;;;;;;. The summed E-state index contributed by atoms with van der Waals surface area (Å²) in [4.78, 5) is 0. The van der Waals surface area contributed by atoms with Crippen LogP contribution in [0.1, 0.15) is 0 Å². The molecule has 0 rings (SSSR count). The maximum atomic E-state index is 8.64. The van der Waals surface area contributed by atoms with E-state index < -0.39 is 111 Å². The summed E-state index contributed by atoms with van der Waals surface area (Å²) in [7, 11) is 0. The molecule has 0 atom stereocenters. The summed E-state index contributed by atoms with van der Waals surface area (Å²) >= 11 is -42.8. The van der Waals surface area contributed by atoms with Gasteiger partial charge in [0.1, 0.15) is 0 Å². The molecule has 28 nitrogen and oxygen atoms in total. The Labute approximate surface area is 227 Å². The average Bonchev–Trinajstić information content (AvgIpc) is 2.06. The second kappa shape index (κ2) is 23.7. The third-order valence-electron chi connectivity index (χ3n) is 0. The third kappa shape index (κ3) is 59400. The molecule has 0 saturated carbocycles. The first-order valence-electron chi connectivity index (χ1n) is 4.32. The van der Waals surface area contributed by atoms with Gasteiger partial charge in [0.05, 0.1) is 0 Å². The molecule has 36 heteroatoms. The van der Waals surface area contributed by atoms with Crippen LogP contribution in [0.15, 0.2) is 0 Å². The topological polar surface area (TPSA) is 520 Å². The molecule has 0 heterocycles. The minimum Gasteiger partial charge on any atom is 0 e. The average molecular weight is 1940 g/mol. The zero-order valence-electron chi connectivity index (χ0n) is 14.5. The number of hydrogen-bond acceptors (Lipinski definition) is 28. The van der Waals surface area contributed by atoms with Gasteiger partial charge in [-0.05, 0) is 0 Å². The molecule has 0 bridgehead atoms. The number of hydrogen-bond donors (Lipinski definition) is 0. The molecule has 0 N–H and O–H groups in total. The van der Waals surface area contributed by atoms with Crippen LogP contribution < -0.4 is 26.8 Å². The zero-order chi connectivity index (χ0) is 31.5. The van der Waals surface area contributed by atoms with Crippen LogP contribution in [0, 0.1) is 0 Å². The van der Waals surface area contributed by atoms with E-state index in [9.17, 15) is 0 Å². The molecule has 0 aliphatic heterocycles. The van der Waals surface area contributed by atoms with Gasteiger partial charge in [0, 0.05) is 20.4 Å². The number of rotatable bonds is 0. The normalized spacial score (nSPS) is 11.1. The first-order chi connectivity index (χ1) is 14.0. The molecule has 1 radical (unpaired) electrons. The molecule has 0 unspecified atom stereocenters. The van der Waals surface area contributed by atoms with Crippen LogP contribution in [0.3, 0.4) is 0 Å². The van der Waals surface area contributed by atoms with Crippen LogP contribution in [0.4, 0.5) is 0 Å². The van der Waals surface area contributed by atoms with Gasteiger partial charge in [-0.15, -0.1) is 0 Å². The fourth-order valence-corrected chi connectivity index (χ4v) is 0. The molecule has 0 spiro atoms. The van der Waals surface area contributed by atoms with E-state index in [2.05, 4.69) is 0 Å². The van der Waals surface area contributed by atoms with Crippen LogP contribution in [-0.2, 0) is 204 Å². The maximum absolute atomic E-state index is 8.64. The Morgan fingerprint density at radius 3 is 0.194 bits per heavy atom. The first-order valence-corrected chi connectivity index (χ1v) is 35.4. The van der Waals surface area contributed by atoms with Crippen molar-refractivity contribution in [2.75, 3.05) is 0 Å². The zero-order valence-corrected chi connectivity index (χ0v) is 36.2. The van der Waals surface area contributed by atoms with Crippen LogP contribution in [0.5, 0.6) is 0 Å². The van der Waals surface area contributed by atoms with Crippen molar-refractivity contribution >= 4 is 0 Å². The van der Waals surface area contributed by atoms with Gasteiger partial charge in [-0.1, -0.05) is 0 Å². The Morgan fingerprint density at radius 2 is 0.194 bits per heavy atom. The molecular weight excluding hydrogens is 1940 g/mol. The molecule has 0 aromatic heterocycles. The molecule has 0 aromatic rings. The van der Waals surface area contributed by atoms with E-state index in [-0.39, 0.29) is 20.4 Å². The Kier molecular flexibility index (Phi) is 37.4. The molecule has 0 fully saturated rings. The van der Waals surface area contributed by atoms with Gasteiger partial charge < -0.3 is 0 Å². The SMILES string of the molecule is [O]=[Re](=[O])(=[O])[O-].[O]=[Re](=[O])(=[O])[O-].[O]=[Re](=[O])(=[O])[O-].[O]=[Re](=[O])(=[O])[O-].[O]=[Re](=[O])(=[O])[O-].[O]=[Re](=[O])(=[O])[O-].[O]=[Re](=[O])(=[O])[O-].[Re]. The minimum atomic E-state index is -6.11. The van der Waals surface area contributed by atoms with Gasteiger partial charge in [0.25, 0.3) is 0 Å². The van der Waals surface area contributed by atoms with Crippen molar-refractivity contribution in [2.24, 2.45) is 0 Å². The van der Waals surface area contributed by atoms with Crippen LogP contribution in [0.25, 0.3) is 0 Å². The third-order valence-corrected chi connectivity index (χ3v) is 0. The van der Waals surface area contributed by atoms with E-state index in [4.69, 9.17) is 99.7 Å². The molecule has 231 valence electrons. The Balaban J connectivity index is -0.0000000422. The van der Waals surface area contributed by atoms with Crippen molar-refractivity contribution in [3.05, 3.63) is 0 Å². The van der Waals surface area contributed by atoms with E-state index in [1.807, 2.05) is 0 Å².